The monoisotopic (exact) mass is 308 g/mol. The minimum atomic E-state index is -1.09. The third-order valence-electron chi connectivity index (χ3n) is 1.83. The number of rotatable bonds is 3. The molecule has 0 aliphatic carbocycles. The topological polar surface area (TPSA) is 98.5 Å². The van der Waals surface area contributed by atoms with Crippen molar-refractivity contribution in [1.29, 1.82) is 0 Å². The summed E-state index contributed by atoms with van der Waals surface area (Å²) in [6.07, 6.45) is 0. The number of carbonyl (C=O) groups is 3. The third-order valence-corrected chi connectivity index (χ3v) is 2.43. The quantitative estimate of drug-likeness (QED) is 0.652. The molecule has 0 radical (unpaired) electrons. The lowest BCUT2D eigenvalue weighted by Gasteiger charge is -2.06. The summed E-state index contributed by atoms with van der Waals surface area (Å²) in [6.45, 7) is -0.762. The Labute approximate surface area is 116 Å². The van der Waals surface area contributed by atoms with E-state index in [9.17, 15) is 18.8 Å². The van der Waals surface area contributed by atoms with E-state index >= 15 is 0 Å². The Morgan fingerprint density at radius 1 is 1.26 bits per heavy atom. The second-order valence-electron chi connectivity index (χ2n) is 3.23. The average Bonchev–Trinajstić information content (AvgIpc) is 2.30. The molecule has 9 heteroatoms. The van der Waals surface area contributed by atoms with Crippen LogP contribution in [0.1, 0.15) is 10.4 Å². The summed E-state index contributed by atoms with van der Waals surface area (Å²) in [5, 5.41) is 1.29. The maximum Gasteiger partial charge on any atom is 0.340 e. The van der Waals surface area contributed by atoms with Crippen LogP contribution in [0, 0.1) is 5.82 Å². The molecule has 0 fully saturated rings. The number of esters is 1. The number of ether oxygens (including phenoxy) is 1. The first-order valence-electron chi connectivity index (χ1n) is 4.72. The molecule has 102 valence electrons. The summed E-state index contributed by atoms with van der Waals surface area (Å²) >= 11 is 11.1. The van der Waals surface area contributed by atoms with Crippen molar-refractivity contribution in [2.45, 2.75) is 0 Å². The van der Waals surface area contributed by atoms with E-state index in [2.05, 4.69) is 10.5 Å². The lowest BCUT2D eigenvalue weighted by atomic mass is 10.2. The van der Waals surface area contributed by atoms with E-state index in [1.165, 1.54) is 0 Å². The summed E-state index contributed by atoms with van der Waals surface area (Å²) in [4.78, 5) is 32.8. The number of primary amides is 1. The molecule has 0 heterocycles. The zero-order valence-electron chi connectivity index (χ0n) is 9.21. The van der Waals surface area contributed by atoms with Gasteiger partial charge in [0.1, 0.15) is 5.82 Å². The van der Waals surface area contributed by atoms with Gasteiger partial charge in [-0.3, -0.25) is 10.1 Å². The standard InChI is InChI=1S/C10H7Cl2FN2O4/c11-5-2-6(12)7(13)1-4(5)9(17)19-3-8(16)15-10(14)18/h1-2H,3H2,(H3,14,15,16,18). The van der Waals surface area contributed by atoms with E-state index in [1.807, 2.05) is 0 Å². The summed E-state index contributed by atoms with van der Waals surface area (Å²) in [7, 11) is 0. The molecule has 1 aromatic rings. The minimum absolute atomic E-state index is 0.133. The highest BCUT2D eigenvalue weighted by Gasteiger charge is 2.17. The summed E-state index contributed by atoms with van der Waals surface area (Å²) in [6, 6.07) is 0.717. The van der Waals surface area contributed by atoms with Gasteiger partial charge >= 0.3 is 12.0 Å². The van der Waals surface area contributed by atoms with Crippen LogP contribution >= 0.6 is 23.2 Å². The molecular weight excluding hydrogens is 302 g/mol. The number of imide groups is 1. The lowest BCUT2D eigenvalue weighted by Crippen LogP contribution is -2.37. The van der Waals surface area contributed by atoms with Crippen molar-refractivity contribution >= 4 is 41.1 Å². The van der Waals surface area contributed by atoms with Crippen molar-refractivity contribution in [2.75, 3.05) is 6.61 Å². The fourth-order valence-corrected chi connectivity index (χ4v) is 1.52. The first kappa shape index (κ1) is 15.2. The molecule has 0 aliphatic heterocycles. The summed E-state index contributed by atoms with van der Waals surface area (Å²) in [5.74, 6) is -2.83. The Hall–Kier alpha value is -1.86. The molecule has 0 aromatic heterocycles. The molecule has 19 heavy (non-hydrogen) atoms. The van der Waals surface area contributed by atoms with Crippen molar-refractivity contribution in [2.24, 2.45) is 5.73 Å². The van der Waals surface area contributed by atoms with Crippen molar-refractivity contribution in [3.8, 4) is 0 Å². The molecule has 3 N–H and O–H groups in total. The lowest BCUT2D eigenvalue weighted by molar-refractivity contribution is -0.123. The number of nitrogens with two attached hydrogens (primary N) is 1. The van der Waals surface area contributed by atoms with E-state index in [0.717, 1.165) is 12.1 Å². The molecule has 0 aliphatic rings. The Morgan fingerprint density at radius 2 is 1.89 bits per heavy atom. The Morgan fingerprint density at radius 3 is 2.47 bits per heavy atom. The second-order valence-corrected chi connectivity index (χ2v) is 4.05. The van der Waals surface area contributed by atoms with E-state index in [0.29, 0.717) is 0 Å². The van der Waals surface area contributed by atoms with Gasteiger partial charge in [0.15, 0.2) is 6.61 Å². The van der Waals surface area contributed by atoms with Crippen LogP contribution in [0.4, 0.5) is 9.18 Å². The molecule has 0 atom stereocenters. The molecule has 0 spiro atoms. The summed E-state index contributed by atoms with van der Waals surface area (Å²) < 4.78 is 17.7. The number of halogens is 3. The highest BCUT2D eigenvalue weighted by molar-refractivity contribution is 6.36. The Bertz CT molecular complexity index is 551. The van der Waals surface area contributed by atoms with E-state index < -0.39 is 30.3 Å². The van der Waals surface area contributed by atoms with Crippen molar-refractivity contribution in [1.82, 2.24) is 5.32 Å². The number of urea groups is 1. The smallest absolute Gasteiger partial charge is 0.340 e. The highest BCUT2D eigenvalue weighted by atomic mass is 35.5. The third kappa shape index (κ3) is 4.38. The normalized spacial score (nSPS) is 9.84. The van der Waals surface area contributed by atoms with Gasteiger partial charge in [-0.05, 0) is 12.1 Å². The molecule has 1 rings (SSSR count). The highest BCUT2D eigenvalue weighted by Crippen LogP contribution is 2.24. The molecule has 0 saturated heterocycles. The number of amides is 3. The van der Waals surface area contributed by atoms with Crippen LogP contribution in [0.25, 0.3) is 0 Å². The SMILES string of the molecule is NC(=O)NC(=O)COC(=O)c1cc(F)c(Cl)cc1Cl. The van der Waals surface area contributed by atoms with Crippen LogP contribution in [0.5, 0.6) is 0 Å². The molecule has 6 nitrogen and oxygen atoms in total. The van der Waals surface area contributed by atoms with E-state index in [-0.39, 0.29) is 15.6 Å². The van der Waals surface area contributed by atoms with E-state index in [1.54, 1.807) is 5.32 Å². The van der Waals surface area contributed by atoms with Crippen LogP contribution < -0.4 is 11.1 Å². The van der Waals surface area contributed by atoms with E-state index in [4.69, 9.17) is 23.2 Å². The maximum absolute atomic E-state index is 13.2. The van der Waals surface area contributed by atoms with Crippen LogP contribution in [-0.4, -0.2) is 24.5 Å². The number of benzene rings is 1. The minimum Gasteiger partial charge on any atom is -0.452 e. The zero-order chi connectivity index (χ0) is 14.6. The van der Waals surface area contributed by atoms with Gasteiger partial charge in [0.2, 0.25) is 0 Å². The van der Waals surface area contributed by atoms with Gasteiger partial charge < -0.3 is 10.5 Å². The number of nitrogens with one attached hydrogen (secondary N) is 1. The maximum atomic E-state index is 13.2. The Kier molecular flexibility index (Phi) is 5.08. The Balaban J connectivity index is 2.71. The van der Waals surface area contributed by atoms with Gasteiger partial charge in [-0.25, -0.2) is 14.0 Å². The first-order chi connectivity index (χ1) is 8.81. The molecule has 0 unspecified atom stereocenters. The van der Waals surface area contributed by atoms with Crippen LogP contribution in [0.15, 0.2) is 12.1 Å². The van der Waals surface area contributed by atoms with Crippen molar-refractivity contribution in [3.05, 3.63) is 33.6 Å². The fourth-order valence-electron chi connectivity index (χ4n) is 1.06. The van der Waals surface area contributed by atoms with Gasteiger partial charge in [0, 0.05) is 0 Å². The average molecular weight is 309 g/mol. The number of hydrogen-bond donors (Lipinski definition) is 2. The van der Waals surface area contributed by atoms with Gasteiger partial charge in [-0.2, -0.15) is 0 Å². The van der Waals surface area contributed by atoms with Gasteiger partial charge in [0.05, 0.1) is 15.6 Å². The number of hydrogen-bond acceptors (Lipinski definition) is 4. The molecule has 3 amide bonds. The van der Waals surface area contributed by atoms with Gasteiger partial charge in [0.25, 0.3) is 5.91 Å². The van der Waals surface area contributed by atoms with Gasteiger partial charge in [-0.1, -0.05) is 23.2 Å². The van der Waals surface area contributed by atoms with Crippen molar-refractivity contribution < 1.29 is 23.5 Å². The van der Waals surface area contributed by atoms with Crippen LogP contribution in [0.2, 0.25) is 10.0 Å². The van der Waals surface area contributed by atoms with Crippen molar-refractivity contribution in [3.63, 3.8) is 0 Å². The predicted molar refractivity (Wildman–Crippen MR) is 64.4 cm³/mol. The fraction of sp³-hybridized carbons (Fsp3) is 0.100. The molecule has 1 aromatic carbocycles. The van der Waals surface area contributed by atoms with Crippen LogP contribution in [0.3, 0.4) is 0 Å². The molecular formula is C10H7Cl2FN2O4. The second kappa shape index (κ2) is 6.35. The zero-order valence-corrected chi connectivity index (χ0v) is 10.7. The summed E-state index contributed by atoms with van der Waals surface area (Å²) in [5.41, 5.74) is 4.38. The molecule has 0 bridgehead atoms. The number of carbonyl (C=O) groups excluding carboxylic acids is 3. The largest absolute Gasteiger partial charge is 0.452 e. The first-order valence-corrected chi connectivity index (χ1v) is 5.47. The predicted octanol–water partition coefficient (Wildman–Crippen LogP) is 1.48. The molecule has 0 saturated carbocycles. The van der Waals surface area contributed by atoms with Gasteiger partial charge in [-0.15, -0.1) is 0 Å². The van der Waals surface area contributed by atoms with Crippen LogP contribution in [-0.2, 0) is 9.53 Å².